The molecule has 0 bridgehead atoms. The summed E-state index contributed by atoms with van der Waals surface area (Å²) < 4.78 is 89.4. The van der Waals surface area contributed by atoms with Gasteiger partial charge in [0, 0.05) is 12.5 Å². The van der Waals surface area contributed by atoms with Crippen LogP contribution in [0.2, 0.25) is 0 Å². The van der Waals surface area contributed by atoms with Gasteiger partial charge in [-0.25, -0.2) is 17.2 Å². The van der Waals surface area contributed by atoms with Gasteiger partial charge < -0.3 is 0 Å². The molecule has 2 aromatic rings. The highest BCUT2D eigenvalue weighted by Crippen LogP contribution is 2.33. The van der Waals surface area contributed by atoms with E-state index in [0.717, 1.165) is 42.5 Å². The van der Waals surface area contributed by atoms with Gasteiger partial charge in [-0.2, -0.15) is 13.2 Å². The molecule has 0 spiro atoms. The Labute approximate surface area is 129 Å². The van der Waals surface area contributed by atoms with E-state index in [-0.39, 0.29) is 0 Å². The molecule has 0 N–H and O–H groups in total. The van der Waals surface area contributed by atoms with Crippen LogP contribution in [0.1, 0.15) is 18.1 Å². The normalized spacial score (nSPS) is 13.1. The average Bonchev–Trinajstić information content (AvgIpc) is 2.46. The summed E-state index contributed by atoms with van der Waals surface area (Å²) in [4.78, 5) is -1.10. The van der Waals surface area contributed by atoms with Crippen LogP contribution in [0.15, 0.2) is 58.3 Å². The quantitative estimate of drug-likeness (QED) is 0.755. The van der Waals surface area contributed by atoms with E-state index in [1.165, 1.54) is 0 Å². The van der Waals surface area contributed by atoms with E-state index < -0.39 is 42.9 Å². The van der Waals surface area contributed by atoms with Crippen molar-refractivity contribution < 1.29 is 30.4 Å². The first kappa shape index (κ1) is 17.4. The molecule has 2 nitrogen and oxygen atoms in total. The van der Waals surface area contributed by atoms with Crippen molar-refractivity contribution in [1.82, 2.24) is 0 Å². The average molecular weight is 350 g/mol. The van der Waals surface area contributed by atoms with Crippen LogP contribution >= 0.6 is 0 Å². The van der Waals surface area contributed by atoms with Crippen molar-refractivity contribution in [3.8, 4) is 0 Å². The summed E-state index contributed by atoms with van der Waals surface area (Å²) in [5, 5.41) is 0. The van der Waals surface area contributed by atoms with Gasteiger partial charge in [-0.05, 0) is 30.3 Å². The minimum atomic E-state index is -4.70. The zero-order valence-corrected chi connectivity index (χ0v) is 12.5. The predicted molar refractivity (Wildman–Crippen MR) is 72.9 cm³/mol. The highest BCUT2D eigenvalue weighted by Gasteiger charge is 2.32. The van der Waals surface area contributed by atoms with Gasteiger partial charge in [0.25, 0.3) is 5.92 Å². The minimum Gasteiger partial charge on any atom is -0.219 e. The molecule has 0 heterocycles. The lowest BCUT2D eigenvalue weighted by atomic mass is 10.1. The van der Waals surface area contributed by atoms with Crippen molar-refractivity contribution in [3.63, 3.8) is 0 Å². The molecule has 0 aliphatic rings. The highest BCUT2D eigenvalue weighted by molar-refractivity contribution is 7.91. The number of benzene rings is 2. The van der Waals surface area contributed by atoms with Crippen molar-refractivity contribution >= 4 is 9.84 Å². The Balaban J connectivity index is 2.56. The molecule has 0 amide bonds. The van der Waals surface area contributed by atoms with Crippen molar-refractivity contribution in [3.05, 3.63) is 59.7 Å². The van der Waals surface area contributed by atoms with E-state index in [4.69, 9.17) is 0 Å². The van der Waals surface area contributed by atoms with Crippen LogP contribution in [0.3, 0.4) is 0 Å². The Morgan fingerprint density at radius 3 is 1.65 bits per heavy atom. The van der Waals surface area contributed by atoms with Gasteiger partial charge in [0.05, 0.1) is 15.4 Å². The van der Waals surface area contributed by atoms with Crippen molar-refractivity contribution in [2.24, 2.45) is 0 Å². The summed E-state index contributed by atoms with van der Waals surface area (Å²) in [6, 6.07) is 7.13. The molecule has 0 radical (unpaired) electrons. The summed E-state index contributed by atoms with van der Waals surface area (Å²) in [7, 11) is -4.34. The van der Waals surface area contributed by atoms with Gasteiger partial charge in [-0.1, -0.05) is 18.2 Å². The Hall–Kier alpha value is -1.96. The summed E-state index contributed by atoms with van der Waals surface area (Å²) in [5.41, 5.74) is -1.67. The van der Waals surface area contributed by atoms with Crippen LogP contribution in [0.25, 0.3) is 0 Å². The van der Waals surface area contributed by atoms with E-state index in [0.29, 0.717) is 13.0 Å². The number of sulfone groups is 1. The molecular formula is C15H11F5O2S. The Kier molecular flexibility index (Phi) is 4.23. The third-order valence-electron chi connectivity index (χ3n) is 3.12. The van der Waals surface area contributed by atoms with Crippen molar-refractivity contribution in [2.75, 3.05) is 0 Å². The minimum absolute atomic E-state index is 0.478. The molecule has 0 aliphatic carbocycles. The van der Waals surface area contributed by atoms with Gasteiger partial charge in [0.2, 0.25) is 9.84 Å². The largest absolute Gasteiger partial charge is 0.416 e. The van der Waals surface area contributed by atoms with Gasteiger partial charge in [0.15, 0.2) is 0 Å². The summed E-state index contributed by atoms with van der Waals surface area (Å²) in [5.74, 6) is -3.26. The predicted octanol–water partition coefficient (Wildman–Crippen LogP) is 4.65. The SMILES string of the molecule is CC(F)(F)c1cccc(S(=O)(=O)c2cccc(C(F)(F)F)c2)c1. The van der Waals surface area contributed by atoms with E-state index in [2.05, 4.69) is 0 Å². The molecule has 124 valence electrons. The molecule has 2 aromatic carbocycles. The maximum Gasteiger partial charge on any atom is 0.416 e. The lowest BCUT2D eigenvalue weighted by Crippen LogP contribution is -2.10. The first-order valence-electron chi connectivity index (χ1n) is 6.33. The molecule has 0 unspecified atom stereocenters. The number of hydrogen-bond acceptors (Lipinski definition) is 2. The number of hydrogen-bond donors (Lipinski definition) is 0. The van der Waals surface area contributed by atoms with Gasteiger partial charge >= 0.3 is 6.18 Å². The van der Waals surface area contributed by atoms with E-state index in [9.17, 15) is 30.4 Å². The van der Waals surface area contributed by atoms with E-state index >= 15 is 0 Å². The van der Waals surface area contributed by atoms with Gasteiger partial charge in [0.1, 0.15) is 0 Å². The second-order valence-electron chi connectivity index (χ2n) is 4.95. The van der Waals surface area contributed by atoms with E-state index in [1.807, 2.05) is 0 Å². The lowest BCUT2D eigenvalue weighted by Gasteiger charge is -2.13. The van der Waals surface area contributed by atoms with Crippen LogP contribution < -0.4 is 0 Å². The molecule has 2 rings (SSSR count). The maximum absolute atomic E-state index is 13.3. The summed E-state index contributed by atoms with van der Waals surface area (Å²) in [6.45, 7) is 0.600. The molecule has 23 heavy (non-hydrogen) atoms. The summed E-state index contributed by atoms with van der Waals surface area (Å²) >= 11 is 0. The molecule has 0 atom stereocenters. The topological polar surface area (TPSA) is 34.1 Å². The van der Waals surface area contributed by atoms with Crippen LogP contribution in [0.4, 0.5) is 22.0 Å². The zero-order valence-electron chi connectivity index (χ0n) is 11.7. The Morgan fingerprint density at radius 1 is 0.783 bits per heavy atom. The highest BCUT2D eigenvalue weighted by atomic mass is 32.2. The zero-order chi connectivity index (χ0) is 17.5. The van der Waals surface area contributed by atoms with Crippen LogP contribution in [0.5, 0.6) is 0 Å². The fraction of sp³-hybridized carbons (Fsp3) is 0.200. The molecule has 0 aromatic heterocycles. The summed E-state index contributed by atoms with van der Waals surface area (Å²) in [6.07, 6.45) is -4.70. The Morgan fingerprint density at radius 2 is 1.22 bits per heavy atom. The molecule has 8 heteroatoms. The second kappa shape index (κ2) is 5.59. The van der Waals surface area contributed by atoms with Crippen molar-refractivity contribution in [1.29, 1.82) is 0 Å². The van der Waals surface area contributed by atoms with Gasteiger partial charge in [-0.15, -0.1) is 0 Å². The van der Waals surface area contributed by atoms with E-state index in [1.54, 1.807) is 0 Å². The Bertz CT molecular complexity index is 757. The standard InChI is InChI=1S/C15H11F5O2S/c1-14(16,17)10-4-2-6-12(8-10)23(21,22)13-7-3-5-11(9-13)15(18,19)20/h2-9H,1H3. The fourth-order valence-corrected chi connectivity index (χ4v) is 3.26. The van der Waals surface area contributed by atoms with Crippen LogP contribution in [0, 0.1) is 0 Å². The second-order valence-corrected chi connectivity index (χ2v) is 6.89. The molecule has 0 saturated heterocycles. The van der Waals surface area contributed by atoms with Crippen molar-refractivity contribution in [2.45, 2.75) is 28.8 Å². The lowest BCUT2D eigenvalue weighted by molar-refractivity contribution is -0.137. The molecule has 0 aliphatic heterocycles. The maximum atomic E-state index is 13.3. The number of rotatable bonds is 3. The molecular weight excluding hydrogens is 339 g/mol. The van der Waals surface area contributed by atoms with Crippen LogP contribution in [-0.2, 0) is 21.9 Å². The third-order valence-corrected chi connectivity index (χ3v) is 4.87. The monoisotopic (exact) mass is 350 g/mol. The molecule has 0 saturated carbocycles. The smallest absolute Gasteiger partial charge is 0.219 e. The molecule has 0 fully saturated rings. The fourth-order valence-electron chi connectivity index (χ4n) is 1.91. The van der Waals surface area contributed by atoms with Gasteiger partial charge in [-0.3, -0.25) is 0 Å². The third kappa shape index (κ3) is 3.69. The van der Waals surface area contributed by atoms with Crippen LogP contribution in [-0.4, -0.2) is 8.42 Å². The first-order chi connectivity index (χ1) is 10.4. The number of halogens is 5. The first-order valence-corrected chi connectivity index (χ1v) is 7.81. The number of alkyl halides is 5.